The van der Waals surface area contributed by atoms with Gasteiger partial charge in [-0.05, 0) is 38.1 Å². The standard InChI is InChI=1S/C18H25N5O4/c1-22-14-12(16(25)23(2)17(22)26)4-5-13(21-14)15(24)20-10-18(11-27-3)6-8-19-9-7-18/h4-5,19H,6-11H2,1-3H3,(H,20,24). The molecule has 1 saturated heterocycles. The molecule has 3 rings (SSSR count). The number of hydrogen-bond donors (Lipinski definition) is 2. The predicted molar refractivity (Wildman–Crippen MR) is 101 cm³/mol. The zero-order chi connectivity index (χ0) is 19.6. The maximum atomic E-state index is 12.6. The summed E-state index contributed by atoms with van der Waals surface area (Å²) in [6.45, 7) is 2.83. The molecule has 146 valence electrons. The molecule has 1 amide bonds. The maximum Gasteiger partial charge on any atom is 0.332 e. The Labute approximate surface area is 156 Å². The van der Waals surface area contributed by atoms with Crippen LogP contribution in [0.15, 0.2) is 21.7 Å². The van der Waals surface area contributed by atoms with Crippen molar-refractivity contribution in [3.8, 4) is 0 Å². The Hall–Kier alpha value is -2.52. The number of pyridine rings is 1. The van der Waals surface area contributed by atoms with Gasteiger partial charge in [0.15, 0.2) is 0 Å². The van der Waals surface area contributed by atoms with Crippen LogP contribution < -0.4 is 21.9 Å². The van der Waals surface area contributed by atoms with E-state index in [9.17, 15) is 14.4 Å². The lowest BCUT2D eigenvalue weighted by Gasteiger charge is -2.37. The number of methoxy groups -OCH3 is 1. The summed E-state index contributed by atoms with van der Waals surface area (Å²) in [5.74, 6) is -0.334. The zero-order valence-corrected chi connectivity index (χ0v) is 15.9. The van der Waals surface area contributed by atoms with Crippen LogP contribution in [-0.4, -0.2) is 53.4 Å². The second kappa shape index (κ2) is 7.61. The second-order valence-electron chi connectivity index (χ2n) is 7.14. The average Bonchev–Trinajstić information content (AvgIpc) is 2.69. The number of aryl methyl sites for hydroxylation is 1. The summed E-state index contributed by atoms with van der Waals surface area (Å²) in [5.41, 5.74) is -0.640. The van der Waals surface area contributed by atoms with Gasteiger partial charge >= 0.3 is 5.69 Å². The summed E-state index contributed by atoms with van der Waals surface area (Å²) in [6.07, 6.45) is 1.83. The number of aromatic nitrogens is 3. The molecule has 0 spiro atoms. The third kappa shape index (κ3) is 3.65. The van der Waals surface area contributed by atoms with Crippen LogP contribution in [0, 0.1) is 5.41 Å². The van der Waals surface area contributed by atoms with E-state index in [1.165, 1.54) is 30.8 Å². The number of nitrogens with zero attached hydrogens (tertiary/aromatic N) is 3. The van der Waals surface area contributed by atoms with Crippen molar-refractivity contribution in [1.29, 1.82) is 0 Å². The Morgan fingerprint density at radius 1 is 1.26 bits per heavy atom. The van der Waals surface area contributed by atoms with Crippen molar-refractivity contribution in [2.75, 3.05) is 33.4 Å². The minimum atomic E-state index is -0.480. The quantitative estimate of drug-likeness (QED) is 0.721. The highest BCUT2D eigenvalue weighted by Crippen LogP contribution is 2.28. The van der Waals surface area contributed by atoms with Gasteiger partial charge in [-0.3, -0.25) is 18.7 Å². The molecule has 1 aliphatic rings. The van der Waals surface area contributed by atoms with Gasteiger partial charge in [0.05, 0.1) is 12.0 Å². The van der Waals surface area contributed by atoms with Crippen molar-refractivity contribution in [3.63, 3.8) is 0 Å². The number of rotatable bonds is 5. The van der Waals surface area contributed by atoms with Gasteiger partial charge in [-0.2, -0.15) is 0 Å². The van der Waals surface area contributed by atoms with E-state index >= 15 is 0 Å². The molecule has 0 saturated carbocycles. The maximum absolute atomic E-state index is 12.6. The van der Waals surface area contributed by atoms with E-state index < -0.39 is 11.2 Å². The lowest BCUT2D eigenvalue weighted by molar-refractivity contribution is 0.0511. The number of nitrogens with one attached hydrogen (secondary N) is 2. The zero-order valence-electron chi connectivity index (χ0n) is 15.9. The average molecular weight is 375 g/mol. The first-order valence-corrected chi connectivity index (χ1v) is 8.93. The number of piperidine rings is 1. The first kappa shape index (κ1) is 19.2. The van der Waals surface area contributed by atoms with Gasteiger partial charge in [0.25, 0.3) is 11.5 Å². The van der Waals surface area contributed by atoms with Crippen LogP contribution in [0.1, 0.15) is 23.3 Å². The van der Waals surface area contributed by atoms with E-state index in [0.29, 0.717) is 18.5 Å². The number of carbonyl (C=O) groups excluding carboxylic acids is 1. The Morgan fingerprint density at radius 3 is 2.63 bits per heavy atom. The van der Waals surface area contributed by atoms with Gasteiger partial charge in [-0.1, -0.05) is 0 Å². The molecule has 0 aromatic carbocycles. The summed E-state index contributed by atoms with van der Waals surface area (Å²) >= 11 is 0. The van der Waals surface area contributed by atoms with E-state index in [1.54, 1.807) is 7.11 Å². The van der Waals surface area contributed by atoms with Crippen LogP contribution >= 0.6 is 0 Å². The summed E-state index contributed by atoms with van der Waals surface area (Å²) in [6, 6.07) is 3.05. The van der Waals surface area contributed by atoms with Crippen LogP contribution in [0.4, 0.5) is 0 Å². The third-order valence-corrected chi connectivity index (χ3v) is 5.27. The van der Waals surface area contributed by atoms with Gasteiger partial charge in [0.2, 0.25) is 0 Å². The van der Waals surface area contributed by atoms with Gasteiger partial charge in [-0.15, -0.1) is 0 Å². The molecule has 0 radical (unpaired) electrons. The van der Waals surface area contributed by atoms with Crippen LogP contribution in [0.5, 0.6) is 0 Å². The van der Waals surface area contributed by atoms with Crippen molar-refractivity contribution in [3.05, 3.63) is 38.7 Å². The van der Waals surface area contributed by atoms with E-state index in [-0.39, 0.29) is 22.7 Å². The first-order valence-electron chi connectivity index (χ1n) is 8.93. The number of carbonyl (C=O) groups is 1. The van der Waals surface area contributed by atoms with Crippen molar-refractivity contribution in [2.45, 2.75) is 12.8 Å². The smallest absolute Gasteiger partial charge is 0.332 e. The number of fused-ring (bicyclic) bond motifs is 1. The molecule has 9 heteroatoms. The van der Waals surface area contributed by atoms with Crippen molar-refractivity contribution >= 4 is 16.9 Å². The molecule has 1 fully saturated rings. The van der Waals surface area contributed by atoms with Gasteiger partial charge in [0.1, 0.15) is 11.3 Å². The Bertz CT molecular complexity index is 967. The van der Waals surface area contributed by atoms with Crippen molar-refractivity contribution in [2.24, 2.45) is 19.5 Å². The number of amides is 1. The summed E-state index contributed by atoms with van der Waals surface area (Å²) < 4.78 is 7.66. The largest absolute Gasteiger partial charge is 0.384 e. The molecule has 2 N–H and O–H groups in total. The predicted octanol–water partition coefficient (Wildman–Crippen LogP) is -0.622. The fourth-order valence-corrected chi connectivity index (χ4v) is 3.57. The molecule has 1 aliphatic heterocycles. The first-order chi connectivity index (χ1) is 12.9. The Balaban J connectivity index is 1.86. The third-order valence-electron chi connectivity index (χ3n) is 5.27. The normalized spacial score (nSPS) is 16.4. The molecule has 9 nitrogen and oxygen atoms in total. The topological polar surface area (TPSA) is 107 Å². The SMILES string of the molecule is COCC1(CNC(=O)c2ccc3c(=O)n(C)c(=O)n(C)c3n2)CCNCC1. The van der Waals surface area contributed by atoms with Crippen LogP contribution in [0.2, 0.25) is 0 Å². The molecule has 2 aromatic rings. The summed E-state index contributed by atoms with van der Waals surface area (Å²) in [7, 11) is 4.61. The van der Waals surface area contributed by atoms with E-state index in [0.717, 1.165) is 30.5 Å². The molecule has 0 atom stereocenters. The molecule has 27 heavy (non-hydrogen) atoms. The molecule has 0 bridgehead atoms. The van der Waals surface area contributed by atoms with E-state index in [1.807, 2.05) is 0 Å². The highest BCUT2D eigenvalue weighted by atomic mass is 16.5. The molecule has 0 unspecified atom stereocenters. The van der Waals surface area contributed by atoms with Gasteiger partial charge in [0, 0.05) is 33.2 Å². The highest BCUT2D eigenvalue weighted by molar-refractivity contribution is 5.94. The van der Waals surface area contributed by atoms with Gasteiger partial charge < -0.3 is 15.4 Å². The fraction of sp³-hybridized carbons (Fsp3) is 0.556. The van der Waals surface area contributed by atoms with Crippen LogP contribution in [0.3, 0.4) is 0 Å². The second-order valence-corrected chi connectivity index (χ2v) is 7.14. The molecule has 0 aliphatic carbocycles. The lowest BCUT2D eigenvalue weighted by Crippen LogP contribution is -2.47. The highest BCUT2D eigenvalue weighted by Gasteiger charge is 2.32. The molecular formula is C18H25N5O4. The summed E-state index contributed by atoms with van der Waals surface area (Å²) in [4.78, 5) is 41.2. The van der Waals surface area contributed by atoms with Gasteiger partial charge in [-0.25, -0.2) is 9.78 Å². The van der Waals surface area contributed by atoms with Crippen LogP contribution in [0.25, 0.3) is 11.0 Å². The van der Waals surface area contributed by atoms with Crippen LogP contribution in [-0.2, 0) is 18.8 Å². The Kier molecular flexibility index (Phi) is 5.43. The van der Waals surface area contributed by atoms with E-state index in [4.69, 9.17) is 4.74 Å². The number of hydrogen-bond acceptors (Lipinski definition) is 6. The minimum Gasteiger partial charge on any atom is -0.384 e. The lowest BCUT2D eigenvalue weighted by atomic mass is 9.79. The van der Waals surface area contributed by atoms with E-state index in [2.05, 4.69) is 15.6 Å². The Morgan fingerprint density at radius 2 is 1.96 bits per heavy atom. The summed E-state index contributed by atoms with van der Waals surface area (Å²) in [5, 5.41) is 6.55. The minimum absolute atomic E-state index is 0.102. The molecule has 2 aromatic heterocycles. The van der Waals surface area contributed by atoms with Crippen molar-refractivity contribution in [1.82, 2.24) is 24.8 Å². The monoisotopic (exact) mass is 375 g/mol. The molecular weight excluding hydrogens is 350 g/mol. The van der Waals surface area contributed by atoms with Crippen molar-refractivity contribution < 1.29 is 9.53 Å². The fourth-order valence-electron chi connectivity index (χ4n) is 3.57. The molecule has 3 heterocycles. The number of ether oxygens (including phenoxy) is 1.